The summed E-state index contributed by atoms with van der Waals surface area (Å²) < 4.78 is 10.3. The van der Waals surface area contributed by atoms with Crippen LogP contribution in [0.15, 0.2) is 0 Å². The Bertz CT molecular complexity index is 147. The molecule has 0 aromatic carbocycles. The third kappa shape index (κ3) is 3.87. The molecule has 0 spiro atoms. The molecule has 3 nitrogen and oxygen atoms in total. The van der Waals surface area contributed by atoms with Gasteiger partial charge in [0.2, 0.25) is 0 Å². The summed E-state index contributed by atoms with van der Waals surface area (Å²) >= 11 is 0. The predicted molar refractivity (Wildman–Crippen MR) is 49.4 cm³/mol. The molecule has 0 aromatic heterocycles. The molecule has 13 heavy (non-hydrogen) atoms. The molecular formula is C10H18O3. The van der Waals surface area contributed by atoms with Gasteiger partial charge in [0.15, 0.2) is 0 Å². The molecule has 0 unspecified atom stereocenters. The average molecular weight is 186 g/mol. The fourth-order valence-electron chi connectivity index (χ4n) is 1.91. The van der Waals surface area contributed by atoms with E-state index in [-0.39, 0.29) is 0 Å². The quantitative estimate of drug-likeness (QED) is 0.484. The number of aldehydes is 1. The van der Waals surface area contributed by atoms with Crippen LogP contribution in [0.5, 0.6) is 0 Å². The van der Waals surface area contributed by atoms with E-state index in [1.165, 1.54) is 12.8 Å². The van der Waals surface area contributed by atoms with Gasteiger partial charge in [-0.05, 0) is 25.2 Å². The van der Waals surface area contributed by atoms with E-state index in [9.17, 15) is 4.79 Å². The van der Waals surface area contributed by atoms with Crippen LogP contribution >= 0.6 is 0 Å². The highest BCUT2D eigenvalue weighted by atomic mass is 16.7. The van der Waals surface area contributed by atoms with E-state index in [4.69, 9.17) is 9.47 Å². The Hall–Kier alpha value is -0.410. The molecule has 1 fully saturated rings. The molecule has 0 aromatic rings. The van der Waals surface area contributed by atoms with Gasteiger partial charge in [-0.2, -0.15) is 0 Å². The minimum atomic E-state index is 0.304. The maximum absolute atomic E-state index is 10.3. The highest BCUT2D eigenvalue weighted by Gasteiger charge is 2.21. The van der Waals surface area contributed by atoms with Crippen molar-refractivity contribution in [2.75, 3.05) is 13.9 Å². The van der Waals surface area contributed by atoms with Crippen molar-refractivity contribution < 1.29 is 14.3 Å². The Morgan fingerprint density at radius 3 is 3.00 bits per heavy atom. The SMILES string of the molecule is COCO[C@@H]1CCC[C@@H](CC=O)C1. The van der Waals surface area contributed by atoms with Crippen molar-refractivity contribution in [3.8, 4) is 0 Å². The standard InChI is InChI=1S/C10H18O3/c1-12-8-13-10-4-2-3-9(7-10)5-6-11/h6,9-10H,2-5,7-8H2,1H3/t9-,10+/m0/s1. The first-order chi connectivity index (χ1) is 6.36. The molecule has 0 aliphatic heterocycles. The molecule has 2 atom stereocenters. The first-order valence-electron chi connectivity index (χ1n) is 4.91. The van der Waals surface area contributed by atoms with E-state index in [1.54, 1.807) is 7.11 Å². The van der Waals surface area contributed by atoms with Crippen molar-refractivity contribution in [3.63, 3.8) is 0 Å². The number of hydrogen-bond acceptors (Lipinski definition) is 3. The summed E-state index contributed by atoms with van der Waals surface area (Å²) in [5.74, 6) is 0.535. The van der Waals surface area contributed by atoms with E-state index in [2.05, 4.69) is 0 Å². The molecule has 0 amide bonds. The van der Waals surface area contributed by atoms with Gasteiger partial charge in [0.05, 0.1) is 6.10 Å². The predicted octanol–water partition coefficient (Wildman–Crippen LogP) is 1.75. The lowest BCUT2D eigenvalue weighted by Gasteiger charge is -2.27. The lowest BCUT2D eigenvalue weighted by molar-refractivity contribution is -0.110. The number of carbonyl (C=O) groups excluding carboxylic acids is 1. The monoisotopic (exact) mass is 186 g/mol. The Morgan fingerprint density at radius 2 is 2.31 bits per heavy atom. The van der Waals surface area contributed by atoms with Crippen molar-refractivity contribution in [2.45, 2.75) is 38.2 Å². The lowest BCUT2D eigenvalue weighted by atomic mass is 9.85. The van der Waals surface area contributed by atoms with E-state index >= 15 is 0 Å². The van der Waals surface area contributed by atoms with Crippen LogP contribution in [-0.2, 0) is 14.3 Å². The minimum absolute atomic E-state index is 0.304. The summed E-state index contributed by atoms with van der Waals surface area (Å²) in [5.41, 5.74) is 0. The molecule has 0 N–H and O–H groups in total. The molecule has 0 radical (unpaired) electrons. The van der Waals surface area contributed by atoms with E-state index in [1.807, 2.05) is 0 Å². The summed E-state index contributed by atoms with van der Waals surface area (Å²) in [6.45, 7) is 0.373. The molecule has 0 heterocycles. The zero-order valence-corrected chi connectivity index (χ0v) is 8.20. The van der Waals surface area contributed by atoms with Crippen LogP contribution < -0.4 is 0 Å². The van der Waals surface area contributed by atoms with Gasteiger partial charge in [-0.15, -0.1) is 0 Å². The zero-order chi connectivity index (χ0) is 9.52. The number of carbonyl (C=O) groups is 1. The van der Waals surface area contributed by atoms with Crippen LogP contribution in [0.25, 0.3) is 0 Å². The number of hydrogen-bond donors (Lipinski definition) is 0. The van der Waals surface area contributed by atoms with Crippen LogP contribution in [0.3, 0.4) is 0 Å². The highest BCUT2D eigenvalue weighted by molar-refractivity contribution is 5.49. The smallest absolute Gasteiger partial charge is 0.146 e. The summed E-state index contributed by atoms with van der Waals surface area (Å²) in [4.78, 5) is 10.3. The topological polar surface area (TPSA) is 35.5 Å². The second-order valence-electron chi connectivity index (χ2n) is 3.63. The van der Waals surface area contributed by atoms with E-state index < -0.39 is 0 Å². The third-order valence-corrected chi connectivity index (χ3v) is 2.59. The molecule has 3 heteroatoms. The van der Waals surface area contributed by atoms with Crippen LogP contribution in [0.1, 0.15) is 32.1 Å². The molecule has 1 aliphatic rings. The van der Waals surface area contributed by atoms with Gasteiger partial charge in [-0.25, -0.2) is 0 Å². The van der Waals surface area contributed by atoms with Crippen molar-refractivity contribution >= 4 is 6.29 Å². The third-order valence-electron chi connectivity index (χ3n) is 2.59. The van der Waals surface area contributed by atoms with Gasteiger partial charge in [-0.1, -0.05) is 6.42 Å². The van der Waals surface area contributed by atoms with Crippen LogP contribution in [-0.4, -0.2) is 26.3 Å². The zero-order valence-electron chi connectivity index (χ0n) is 8.20. The lowest BCUT2D eigenvalue weighted by Crippen LogP contribution is -2.23. The summed E-state index contributed by atoms with van der Waals surface area (Å²) in [6.07, 6.45) is 6.48. The molecule has 1 aliphatic carbocycles. The normalized spacial score (nSPS) is 28.7. The second-order valence-corrected chi connectivity index (χ2v) is 3.63. The average Bonchev–Trinajstić information content (AvgIpc) is 2.16. The maximum Gasteiger partial charge on any atom is 0.146 e. The number of ether oxygens (including phenoxy) is 2. The van der Waals surface area contributed by atoms with Crippen molar-refractivity contribution in [1.82, 2.24) is 0 Å². The van der Waals surface area contributed by atoms with Gasteiger partial charge >= 0.3 is 0 Å². The minimum Gasteiger partial charge on any atom is -0.359 e. The summed E-state index contributed by atoms with van der Waals surface area (Å²) in [5, 5.41) is 0. The Balaban J connectivity index is 2.20. The first-order valence-corrected chi connectivity index (χ1v) is 4.91. The molecule has 1 rings (SSSR count). The largest absolute Gasteiger partial charge is 0.359 e. The second kappa shape index (κ2) is 6.11. The molecule has 0 bridgehead atoms. The molecular weight excluding hydrogens is 168 g/mol. The Labute approximate surface area is 79.4 Å². The van der Waals surface area contributed by atoms with Gasteiger partial charge < -0.3 is 14.3 Å². The van der Waals surface area contributed by atoms with E-state index in [0.29, 0.717) is 25.2 Å². The fourth-order valence-corrected chi connectivity index (χ4v) is 1.91. The fraction of sp³-hybridized carbons (Fsp3) is 0.900. The van der Waals surface area contributed by atoms with Crippen molar-refractivity contribution in [3.05, 3.63) is 0 Å². The first kappa shape index (κ1) is 10.7. The number of rotatable bonds is 5. The van der Waals surface area contributed by atoms with Crippen LogP contribution in [0.2, 0.25) is 0 Å². The maximum atomic E-state index is 10.3. The molecule has 0 saturated heterocycles. The Kier molecular flexibility index (Phi) is 5.01. The van der Waals surface area contributed by atoms with Gasteiger partial charge in [-0.3, -0.25) is 0 Å². The highest BCUT2D eigenvalue weighted by Crippen LogP contribution is 2.27. The summed E-state index contributed by atoms with van der Waals surface area (Å²) in [7, 11) is 1.63. The van der Waals surface area contributed by atoms with Crippen LogP contribution in [0.4, 0.5) is 0 Å². The van der Waals surface area contributed by atoms with Crippen molar-refractivity contribution in [2.24, 2.45) is 5.92 Å². The Morgan fingerprint density at radius 1 is 1.46 bits per heavy atom. The molecule has 76 valence electrons. The van der Waals surface area contributed by atoms with Gasteiger partial charge in [0, 0.05) is 13.5 Å². The number of methoxy groups -OCH3 is 1. The van der Waals surface area contributed by atoms with Gasteiger partial charge in [0.25, 0.3) is 0 Å². The van der Waals surface area contributed by atoms with Gasteiger partial charge in [0.1, 0.15) is 13.1 Å². The van der Waals surface area contributed by atoms with E-state index in [0.717, 1.165) is 19.1 Å². The molecule has 1 saturated carbocycles. The van der Waals surface area contributed by atoms with Crippen LogP contribution in [0, 0.1) is 5.92 Å². The van der Waals surface area contributed by atoms with Crippen molar-refractivity contribution in [1.29, 1.82) is 0 Å². The summed E-state index contributed by atoms with van der Waals surface area (Å²) in [6, 6.07) is 0.